The largest absolute Gasteiger partial charge is 0.507 e. The molecule has 1 aromatic heterocycles. The van der Waals surface area contributed by atoms with Gasteiger partial charge in [-0.1, -0.05) is 6.42 Å². The molecule has 0 spiro atoms. The lowest BCUT2D eigenvalue weighted by Crippen LogP contribution is -2.73. The Morgan fingerprint density at radius 2 is 1.90 bits per heavy atom. The maximum atomic E-state index is 14.2. The SMILES string of the molecule is CN(C)[C@@H]1C(O)C(C(N)=O)C(=O)[C@@]2(O)C(=O)C3=C(O)c4c(O)c(CN5CCCCC5)cc(-c5ccoc5)c4C[C@H]3C[C@@H]12. The monoisotopic (exact) mass is 579 g/mol. The van der Waals surface area contributed by atoms with E-state index in [0.29, 0.717) is 17.7 Å². The molecule has 0 bridgehead atoms. The molecule has 224 valence electrons. The average molecular weight is 580 g/mol. The predicted molar refractivity (Wildman–Crippen MR) is 151 cm³/mol. The number of phenolic OH excluding ortho intramolecular Hbond substituents is 1. The van der Waals surface area contributed by atoms with Gasteiger partial charge in [0.2, 0.25) is 11.7 Å². The first-order chi connectivity index (χ1) is 20.0. The Morgan fingerprint density at radius 3 is 2.52 bits per heavy atom. The van der Waals surface area contributed by atoms with Gasteiger partial charge < -0.3 is 35.5 Å². The van der Waals surface area contributed by atoms with E-state index >= 15 is 0 Å². The number of carbonyl (C=O) groups is 3. The Hall–Kier alpha value is -3.51. The van der Waals surface area contributed by atoms with Crippen LogP contribution < -0.4 is 5.73 Å². The van der Waals surface area contributed by atoms with Gasteiger partial charge in [0.1, 0.15) is 17.4 Å². The van der Waals surface area contributed by atoms with E-state index in [-0.39, 0.29) is 29.7 Å². The zero-order valence-electron chi connectivity index (χ0n) is 23.7. The number of phenols is 1. The molecule has 2 saturated carbocycles. The predicted octanol–water partition coefficient (Wildman–Crippen LogP) is 1.37. The van der Waals surface area contributed by atoms with Crippen molar-refractivity contribution in [2.45, 2.75) is 56.4 Å². The summed E-state index contributed by atoms with van der Waals surface area (Å²) in [5.41, 5.74) is 5.43. The van der Waals surface area contributed by atoms with Crippen molar-refractivity contribution in [3.63, 3.8) is 0 Å². The molecule has 6 N–H and O–H groups in total. The standard InChI is InChI=1S/C31H37N3O8/c1-33(2)24-20-12-16-10-19-18(15-6-9-42-14-15)11-17(13-34-7-4-3-5-8-34)25(35)22(19)26(36)21(16)28(38)31(20,41)29(39)23(27(24)37)30(32)40/h6,9,11,14,16,20,23-24,27,35-37,41H,3-5,7-8,10,12-13H2,1-2H3,(H2,32,40)/t16-,20-,23?,24-,27?,31-/m0/s1. The van der Waals surface area contributed by atoms with Gasteiger partial charge in [-0.25, -0.2) is 0 Å². The van der Waals surface area contributed by atoms with Gasteiger partial charge in [0.15, 0.2) is 11.4 Å². The molecule has 11 heteroatoms. The van der Waals surface area contributed by atoms with Crippen LogP contribution in [0, 0.1) is 17.8 Å². The second-order valence-electron chi connectivity index (χ2n) is 12.4. The van der Waals surface area contributed by atoms with Crippen molar-refractivity contribution in [2.75, 3.05) is 27.2 Å². The number of likely N-dealkylation sites (tertiary alicyclic amines) is 1. The minimum atomic E-state index is -2.68. The molecule has 2 heterocycles. The first-order valence-corrected chi connectivity index (χ1v) is 14.5. The normalized spacial score (nSPS) is 31.6. The summed E-state index contributed by atoms with van der Waals surface area (Å²) < 4.78 is 5.36. The molecule has 4 aliphatic rings. The van der Waals surface area contributed by atoms with E-state index < -0.39 is 58.7 Å². The van der Waals surface area contributed by atoms with E-state index in [1.807, 2.05) is 6.07 Å². The highest BCUT2D eigenvalue weighted by molar-refractivity contribution is 6.25. The van der Waals surface area contributed by atoms with Crippen LogP contribution in [0.5, 0.6) is 5.75 Å². The number of furan rings is 1. The fourth-order valence-electron chi connectivity index (χ4n) is 7.88. The Balaban J connectivity index is 1.52. The summed E-state index contributed by atoms with van der Waals surface area (Å²) in [7, 11) is 3.26. The molecule has 3 aliphatic carbocycles. The molecular weight excluding hydrogens is 542 g/mol. The lowest BCUT2D eigenvalue weighted by Gasteiger charge is -2.53. The minimum absolute atomic E-state index is 0.0688. The number of nitrogens with two attached hydrogens (primary N) is 1. The van der Waals surface area contributed by atoms with E-state index in [1.165, 1.54) is 0 Å². The number of rotatable bonds is 5. The highest BCUT2D eigenvalue weighted by Gasteiger charge is 2.67. The summed E-state index contributed by atoms with van der Waals surface area (Å²) >= 11 is 0. The number of likely N-dealkylation sites (N-methyl/N-ethyl adjacent to an activating group) is 1. The van der Waals surface area contributed by atoms with Crippen LogP contribution in [0.1, 0.15) is 42.4 Å². The molecule has 42 heavy (non-hydrogen) atoms. The summed E-state index contributed by atoms with van der Waals surface area (Å²) in [5.74, 6) is -7.45. The second kappa shape index (κ2) is 10.3. The number of Topliss-reactive ketones (excluding diaryl/α,β-unsaturated/α-hetero) is 2. The van der Waals surface area contributed by atoms with E-state index in [0.717, 1.165) is 43.5 Å². The quantitative estimate of drug-likeness (QED) is 0.325. The third-order valence-corrected chi connectivity index (χ3v) is 9.84. The van der Waals surface area contributed by atoms with Gasteiger partial charge in [-0.05, 0) is 82.0 Å². The number of hydrogen-bond donors (Lipinski definition) is 5. The number of aliphatic hydroxyl groups excluding tert-OH is 2. The Morgan fingerprint density at radius 1 is 1.19 bits per heavy atom. The van der Waals surface area contributed by atoms with E-state index in [4.69, 9.17) is 10.2 Å². The maximum Gasteiger partial charge on any atom is 0.230 e. The van der Waals surface area contributed by atoms with Crippen LogP contribution in [0.4, 0.5) is 0 Å². The van der Waals surface area contributed by atoms with Crippen LogP contribution in [0.25, 0.3) is 16.9 Å². The van der Waals surface area contributed by atoms with Crippen molar-refractivity contribution >= 4 is 23.2 Å². The number of aromatic hydroxyl groups is 1. The smallest absolute Gasteiger partial charge is 0.230 e. The molecule has 11 nitrogen and oxygen atoms in total. The number of nitrogens with zero attached hydrogens (tertiary/aromatic N) is 2. The molecule has 6 atom stereocenters. The van der Waals surface area contributed by atoms with E-state index in [1.54, 1.807) is 37.6 Å². The van der Waals surface area contributed by atoms with E-state index in [2.05, 4.69) is 4.90 Å². The molecule has 2 unspecified atom stereocenters. The highest BCUT2D eigenvalue weighted by Crippen LogP contribution is 2.54. The van der Waals surface area contributed by atoms with Crippen molar-refractivity contribution in [3.8, 4) is 16.9 Å². The molecule has 1 saturated heterocycles. The zero-order chi connectivity index (χ0) is 30.1. The van der Waals surface area contributed by atoms with E-state index in [9.17, 15) is 34.8 Å². The first-order valence-electron chi connectivity index (χ1n) is 14.5. The van der Waals surface area contributed by atoms with Gasteiger partial charge in [0.25, 0.3) is 0 Å². The number of hydrogen-bond acceptors (Lipinski definition) is 10. The van der Waals surface area contributed by atoms with Crippen molar-refractivity contribution in [3.05, 3.63) is 46.9 Å². The second-order valence-corrected chi connectivity index (χ2v) is 12.4. The Labute approximate surface area is 243 Å². The van der Waals surface area contributed by atoms with Crippen LogP contribution in [-0.2, 0) is 27.3 Å². The third-order valence-electron chi connectivity index (χ3n) is 9.84. The number of piperidine rings is 1. The van der Waals surface area contributed by atoms with Crippen molar-refractivity contribution in [2.24, 2.45) is 23.5 Å². The number of benzene rings is 1. The van der Waals surface area contributed by atoms with Crippen LogP contribution in [-0.4, -0.2) is 92.6 Å². The number of amides is 1. The van der Waals surface area contributed by atoms with Gasteiger partial charge in [-0.3, -0.25) is 19.3 Å². The fraction of sp³-hybridized carbons (Fsp3) is 0.516. The van der Waals surface area contributed by atoms with Crippen LogP contribution in [0.3, 0.4) is 0 Å². The minimum Gasteiger partial charge on any atom is -0.507 e. The number of fused-ring (bicyclic) bond motifs is 3. The molecule has 3 fully saturated rings. The summed E-state index contributed by atoms with van der Waals surface area (Å²) in [5, 5.41) is 46.2. The molecule has 1 amide bonds. The summed E-state index contributed by atoms with van der Waals surface area (Å²) in [4.78, 5) is 43.8. The van der Waals surface area contributed by atoms with Crippen LogP contribution in [0.15, 0.2) is 34.6 Å². The van der Waals surface area contributed by atoms with Crippen LogP contribution >= 0.6 is 0 Å². The maximum absolute atomic E-state index is 14.2. The molecule has 6 rings (SSSR count). The summed E-state index contributed by atoms with van der Waals surface area (Å²) in [6.45, 7) is 2.19. The number of primary amides is 1. The summed E-state index contributed by atoms with van der Waals surface area (Å²) in [6, 6.07) is 2.76. The first kappa shape index (κ1) is 28.6. The van der Waals surface area contributed by atoms with Crippen molar-refractivity contribution < 1.29 is 39.2 Å². The van der Waals surface area contributed by atoms with Crippen molar-refractivity contribution in [1.29, 1.82) is 0 Å². The van der Waals surface area contributed by atoms with Gasteiger partial charge in [-0.15, -0.1) is 0 Å². The lowest BCUT2D eigenvalue weighted by molar-refractivity contribution is -0.184. The van der Waals surface area contributed by atoms with Crippen molar-refractivity contribution in [1.82, 2.24) is 9.80 Å². The van der Waals surface area contributed by atoms with Crippen LogP contribution in [0.2, 0.25) is 0 Å². The molecule has 1 aromatic carbocycles. The average Bonchev–Trinajstić information content (AvgIpc) is 3.47. The lowest BCUT2D eigenvalue weighted by atomic mass is 9.54. The Bertz CT molecular complexity index is 1480. The zero-order valence-corrected chi connectivity index (χ0v) is 23.7. The van der Waals surface area contributed by atoms with Gasteiger partial charge in [-0.2, -0.15) is 0 Å². The van der Waals surface area contributed by atoms with Gasteiger partial charge >= 0.3 is 0 Å². The molecule has 1 aliphatic heterocycles. The molecule has 2 aromatic rings. The highest BCUT2D eigenvalue weighted by atomic mass is 16.3. The number of aliphatic hydroxyl groups is 3. The summed E-state index contributed by atoms with van der Waals surface area (Å²) in [6.07, 6.45) is 5.14. The topological polar surface area (TPSA) is 178 Å². The Kier molecular flexibility index (Phi) is 7.04. The molecular formula is C31H37N3O8. The third kappa shape index (κ3) is 4.13. The number of carbonyl (C=O) groups excluding carboxylic acids is 3. The van der Waals surface area contributed by atoms with Gasteiger partial charge in [0.05, 0.1) is 24.2 Å². The number of ketones is 2. The fourth-order valence-corrected chi connectivity index (χ4v) is 7.88. The molecule has 0 radical (unpaired) electrons. The van der Waals surface area contributed by atoms with Gasteiger partial charge in [0, 0.05) is 35.2 Å².